The normalized spacial score (nSPS) is 40.3. The highest BCUT2D eigenvalue weighted by Crippen LogP contribution is 2.33. The summed E-state index contributed by atoms with van der Waals surface area (Å²) in [5, 5.41) is 0. The number of hydrogen-bond acceptors (Lipinski definition) is 5. The molecule has 0 bridgehead atoms. The fraction of sp³-hybridized carbons (Fsp3) is 0.929. The van der Waals surface area contributed by atoms with Gasteiger partial charge in [-0.2, -0.15) is 0 Å². The zero-order valence-electron chi connectivity index (χ0n) is 12.2. The van der Waals surface area contributed by atoms with E-state index in [1.54, 1.807) is 0 Å². The van der Waals surface area contributed by atoms with Gasteiger partial charge in [0.1, 0.15) is 5.54 Å². The van der Waals surface area contributed by atoms with Crippen LogP contribution in [0.2, 0.25) is 0 Å². The number of esters is 1. The summed E-state index contributed by atoms with van der Waals surface area (Å²) in [5.74, 6) is -0.244. The molecule has 4 atom stereocenters. The lowest BCUT2D eigenvalue weighted by Gasteiger charge is -2.39. The summed E-state index contributed by atoms with van der Waals surface area (Å²) < 4.78 is 10.8. The SMILES string of the molecule is CCOC(=O)C1(N)CCC(N2C[C@@H](C)O[C@@H](C)C2)C1. The second kappa shape index (κ2) is 5.77. The molecule has 5 nitrogen and oxygen atoms in total. The minimum atomic E-state index is -0.786. The fourth-order valence-corrected chi connectivity index (χ4v) is 3.34. The molecule has 0 radical (unpaired) electrons. The molecule has 19 heavy (non-hydrogen) atoms. The molecule has 0 aromatic carbocycles. The summed E-state index contributed by atoms with van der Waals surface area (Å²) in [4.78, 5) is 14.4. The Morgan fingerprint density at radius 1 is 1.42 bits per heavy atom. The summed E-state index contributed by atoms with van der Waals surface area (Å²) >= 11 is 0. The van der Waals surface area contributed by atoms with Crippen LogP contribution in [0.25, 0.3) is 0 Å². The molecule has 2 fully saturated rings. The molecule has 0 amide bonds. The molecule has 2 rings (SSSR count). The van der Waals surface area contributed by atoms with Crippen LogP contribution in [0.1, 0.15) is 40.0 Å². The Kier molecular flexibility index (Phi) is 4.48. The van der Waals surface area contributed by atoms with Gasteiger partial charge in [0.05, 0.1) is 18.8 Å². The Hall–Kier alpha value is -0.650. The Labute approximate surface area is 115 Å². The van der Waals surface area contributed by atoms with Crippen molar-refractivity contribution < 1.29 is 14.3 Å². The number of rotatable bonds is 3. The molecule has 2 aliphatic rings. The van der Waals surface area contributed by atoms with Crippen LogP contribution >= 0.6 is 0 Å². The third-order valence-electron chi connectivity index (χ3n) is 4.17. The molecule has 1 aliphatic carbocycles. The largest absolute Gasteiger partial charge is 0.465 e. The van der Waals surface area contributed by atoms with Crippen molar-refractivity contribution in [3.63, 3.8) is 0 Å². The number of hydrogen-bond donors (Lipinski definition) is 1. The number of morpholine rings is 1. The smallest absolute Gasteiger partial charge is 0.326 e. The summed E-state index contributed by atoms with van der Waals surface area (Å²) in [6.45, 7) is 8.26. The van der Waals surface area contributed by atoms with Crippen molar-refractivity contribution in [3.8, 4) is 0 Å². The highest BCUT2D eigenvalue weighted by Gasteiger charge is 2.45. The van der Waals surface area contributed by atoms with Crippen molar-refractivity contribution in [1.29, 1.82) is 0 Å². The van der Waals surface area contributed by atoms with Crippen molar-refractivity contribution >= 4 is 5.97 Å². The van der Waals surface area contributed by atoms with E-state index in [0.717, 1.165) is 25.9 Å². The summed E-state index contributed by atoms with van der Waals surface area (Å²) in [7, 11) is 0. The van der Waals surface area contributed by atoms with Crippen molar-refractivity contribution in [2.75, 3.05) is 19.7 Å². The van der Waals surface area contributed by atoms with Gasteiger partial charge >= 0.3 is 5.97 Å². The number of carbonyl (C=O) groups is 1. The van der Waals surface area contributed by atoms with E-state index in [1.807, 2.05) is 6.92 Å². The van der Waals surface area contributed by atoms with Gasteiger partial charge in [0.25, 0.3) is 0 Å². The number of nitrogens with zero attached hydrogens (tertiary/aromatic N) is 1. The Bertz CT molecular complexity index is 327. The summed E-state index contributed by atoms with van der Waals surface area (Å²) in [6.07, 6.45) is 2.88. The Balaban J connectivity index is 1.95. The first-order valence-corrected chi connectivity index (χ1v) is 7.30. The number of ether oxygens (including phenoxy) is 2. The molecule has 0 aromatic heterocycles. The first-order chi connectivity index (χ1) is 8.94. The quantitative estimate of drug-likeness (QED) is 0.772. The highest BCUT2D eigenvalue weighted by atomic mass is 16.5. The third kappa shape index (κ3) is 3.27. The first-order valence-electron chi connectivity index (χ1n) is 7.30. The van der Waals surface area contributed by atoms with E-state index >= 15 is 0 Å². The second-order valence-corrected chi connectivity index (χ2v) is 5.98. The molecule has 0 aromatic rings. The van der Waals surface area contributed by atoms with Crippen molar-refractivity contribution in [2.45, 2.75) is 63.8 Å². The third-order valence-corrected chi connectivity index (χ3v) is 4.17. The molecule has 2 N–H and O–H groups in total. The molecule has 1 saturated carbocycles. The zero-order chi connectivity index (χ0) is 14.0. The molecule has 110 valence electrons. The average Bonchev–Trinajstić information content (AvgIpc) is 2.72. The molecular formula is C14H26N2O3. The lowest BCUT2D eigenvalue weighted by Crippen LogP contribution is -2.52. The molecule has 2 unspecified atom stereocenters. The maximum Gasteiger partial charge on any atom is 0.326 e. The van der Waals surface area contributed by atoms with Gasteiger partial charge in [-0.1, -0.05) is 0 Å². The van der Waals surface area contributed by atoms with Crippen LogP contribution in [-0.4, -0.2) is 54.4 Å². The van der Waals surface area contributed by atoms with E-state index < -0.39 is 5.54 Å². The van der Waals surface area contributed by atoms with Crippen LogP contribution in [0.3, 0.4) is 0 Å². The van der Waals surface area contributed by atoms with E-state index in [1.165, 1.54) is 0 Å². The predicted molar refractivity (Wildman–Crippen MR) is 72.8 cm³/mol. The van der Waals surface area contributed by atoms with Gasteiger partial charge in [-0.05, 0) is 40.0 Å². The maximum absolute atomic E-state index is 11.9. The first kappa shape index (κ1) is 14.8. The van der Waals surface area contributed by atoms with Gasteiger partial charge in [-0.3, -0.25) is 9.69 Å². The maximum atomic E-state index is 11.9. The van der Waals surface area contributed by atoms with Crippen LogP contribution in [0.5, 0.6) is 0 Å². The van der Waals surface area contributed by atoms with Gasteiger partial charge in [0, 0.05) is 19.1 Å². The van der Waals surface area contributed by atoms with E-state index in [4.69, 9.17) is 15.2 Å². The standard InChI is InChI=1S/C14H26N2O3/c1-4-18-13(17)14(15)6-5-12(7-14)16-8-10(2)19-11(3)9-16/h10-12H,4-9,15H2,1-3H3/t10-,11+,12?,14?. The van der Waals surface area contributed by atoms with Crippen molar-refractivity contribution in [3.05, 3.63) is 0 Å². The molecular weight excluding hydrogens is 244 g/mol. The lowest BCUT2D eigenvalue weighted by atomic mass is 9.98. The highest BCUT2D eigenvalue weighted by molar-refractivity contribution is 5.81. The molecule has 1 aliphatic heterocycles. The summed E-state index contributed by atoms with van der Waals surface area (Å²) in [5.41, 5.74) is 5.44. The topological polar surface area (TPSA) is 64.8 Å². The zero-order valence-corrected chi connectivity index (χ0v) is 12.2. The minimum absolute atomic E-state index is 0.244. The lowest BCUT2D eigenvalue weighted by molar-refractivity contribution is -0.149. The molecule has 5 heteroatoms. The van der Waals surface area contributed by atoms with E-state index in [-0.39, 0.29) is 18.2 Å². The fourth-order valence-electron chi connectivity index (χ4n) is 3.34. The van der Waals surface area contributed by atoms with Crippen LogP contribution < -0.4 is 5.73 Å². The van der Waals surface area contributed by atoms with Gasteiger partial charge in [0.15, 0.2) is 0 Å². The van der Waals surface area contributed by atoms with Gasteiger partial charge in [-0.15, -0.1) is 0 Å². The monoisotopic (exact) mass is 270 g/mol. The van der Waals surface area contributed by atoms with Crippen LogP contribution in [0.4, 0.5) is 0 Å². The molecule has 0 spiro atoms. The van der Waals surface area contributed by atoms with Gasteiger partial charge in [-0.25, -0.2) is 0 Å². The molecule has 1 heterocycles. The van der Waals surface area contributed by atoms with E-state index in [2.05, 4.69) is 18.7 Å². The van der Waals surface area contributed by atoms with E-state index in [0.29, 0.717) is 19.1 Å². The van der Waals surface area contributed by atoms with Gasteiger partial charge in [0.2, 0.25) is 0 Å². The average molecular weight is 270 g/mol. The van der Waals surface area contributed by atoms with Crippen molar-refractivity contribution in [1.82, 2.24) is 4.90 Å². The van der Waals surface area contributed by atoms with E-state index in [9.17, 15) is 4.79 Å². The summed E-state index contributed by atoms with van der Waals surface area (Å²) in [6, 6.07) is 0.378. The number of nitrogens with two attached hydrogens (primary N) is 1. The molecule has 1 saturated heterocycles. The van der Waals surface area contributed by atoms with Crippen molar-refractivity contribution in [2.24, 2.45) is 5.73 Å². The number of carbonyl (C=O) groups excluding carboxylic acids is 1. The van der Waals surface area contributed by atoms with Crippen LogP contribution in [-0.2, 0) is 14.3 Å². The minimum Gasteiger partial charge on any atom is -0.465 e. The van der Waals surface area contributed by atoms with Crippen LogP contribution in [0.15, 0.2) is 0 Å². The second-order valence-electron chi connectivity index (χ2n) is 5.98. The Morgan fingerprint density at radius 2 is 2.05 bits per heavy atom. The van der Waals surface area contributed by atoms with Gasteiger partial charge < -0.3 is 15.2 Å². The van der Waals surface area contributed by atoms with Crippen LogP contribution in [0, 0.1) is 0 Å². The predicted octanol–water partition coefficient (Wildman–Crippen LogP) is 0.909. The Morgan fingerprint density at radius 3 is 2.63 bits per heavy atom.